The molecule has 1 unspecified atom stereocenters. The molecule has 176 valence electrons. The molecule has 1 atom stereocenters. The first-order chi connectivity index (χ1) is 16.8. The second kappa shape index (κ2) is 10.3. The lowest BCUT2D eigenvalue weighted by Gasteiger charge is -2.14. The number of carbonyl (C=O) groups is 3. The molecule has 0 radical (unpaired) electrons. The predicted octanol–water partition coefficient (Wildman–Crippen LogP) is 5.62. The van der Waals surface area contributed by atoms with E-state index in [1.165, 1.54) is 30.0 Å². The van der Waals surface area contributed by atoms with Crippen molar-refractivity contribution in [3.8, 4) is 5.75 Å². The third kappa shape index (κ3) is 5.80. The first kappa shape index (κ1) is 23.8. The monoisotopic (exact) mass is 486 g/mol. The van der Waals surface area contributed by atoms with E-state index in [1.807, 2.05) is 42.5 Å². The van der Waals surface area contributed by atoms with Crippen LogP contribution in [0.15, 0.2) is 89.8 Å². The summed E-state index contributed by atoms with van der Waals surface area (Å²) < 4.78 is 0. The molecule has 0 saturated carbocycles. The van der Waals surface area contributed by atoms with Gasteiger partial charge in [0.15, 0.2) is 0 Å². The number of hydrogen-bond acceptors (Lipinski definition) is 5. The van der Waals surface area contributed by atoms with E-state index < -0.39 is 11.2 Å². The smallest absolute Gasteiger partial charge is 0.339 e. The zero-order valence-electron chi connectivity index (χ0n) is 18.7. The Morgan fingerprint density at radius 1 is 0.800 bits per heavy atom. The second-order valence-corrected chi connectivity index (χ2v) is 9.24. The van der Waals surface area contributed by atoms with Crippen molar-refractivity contribution < 1.29 is 24.6 Å². The summed E-state index contributed by atoms with van der Waals surface area (Å²) in [4.78, 5) is 37.3. The Morgan fingerprint density at radius 3 is 2.31 bits per heavy atom. The van der Waals surface area contributed by atoms with E-state index in [-0.39, 0.29) is 28.8 Å². The number of amides is 2. The van der Waals surface area contributed by atoms with E-state index in [2.05, 4.69) is 10.6 Å². The summed E-state index contributed by atoms with van der Waals surface area (Å²) in [5, 5.41) is 25.8. The normalized spacial score (nSPS) is 11.6. The number of anilines is 2. The minimum absolute atomic E-state index is 0.231. The highest BCUT2D eigenvalue weighted by molar-refractivity contribution is 8.00. The molecule has 0 heterocycles. The lowest BCUT2D eigenvalue weighted by atomic mass is 10.1. The van der Waals surface area contributed by atoms with Crippen LogP contribution in [0.4, 0.5) is 11.4 Å². The third-order valence-corrected chi connectivity index (χ3v) is 6.37. The van der Waals surface area contributed by atoms with Crippen molar-refractivity contribution in [2.45, 2.75) is 17.1 Å². The molecule has 4 rings (SSSR count). The van der Waals surface area contributed by atoms with Crippen LogP contribution >= 0.6 is 11.8 Å². The van der Waals surface area contributed by atoms with E-state index in [0.717, 1.165) is 15.7 Å². The number of thioether (sulfide) groups is 1. The zero-order chi connectivity index (χ0) is 24.9. The van der Waals surface area contributed by atoms with Gasteiger partial charge in [-0.1, -0.05) is 36.4 Å². The molecular formula is C27H22N2O5S. The van der Waals surface area contributed by atoms with Gasteiger partial charge in [-0.2, -0.15) is 0 Å². The molecule has 0 fully saturated rings. The van der Waals surface area contributed by atoms with Crippen molar-refractivity contribution in [2.24, 2.45) is 0 Å². The third-order valence-electron chi connectivity index (χ3n) is 5.28. The summed E-state index contributed by atoms with van der Waals surface area (Å²) >= 11 is 1.29. The van der Waals surface area contributed by atoms with Gasteiger partial charge in [0.2, 0.25) is 5.91 Å². The number of phenols is 1. The standard InChI is InChI=1S/C27H22N2O5S/c1-16(25(31)28-21-11-12-24(30)23(15-21)27(33)34)35-22-8-4-7-20(14-22)29-26(32)19-10-9-17-5-2-3-6-18(17)13-19/h2-16,30H,1H3,(H,28,31)(H,29,32)(H,33,34). The molecule has 0 bridgehead atoms. The number of aromatic carboxylic acids is 1. The van der Waals surface area contributed by atoms with Crippen LogP contribution in [-0.4, -0.2) is 33.2 Å². The van der Waals surface area contributed by atoms with Crippen LogP contribution in [-0.2, 0) is 4.79 Å². The average molecular weight is 487 g/mol. The van der Waals surface area contributed by atoms with Crippen LogP contribution in [0.2, 0.25) is 0 Å². The average Bonchev–Trinajstić information content (AvgIpc) is 2.84. The van der Waals surface area contributed by atoms with Crippen LogP contribution in [0.3, 0.4) is 0 Å². The molecule has 0 saturated heterocycles. The highest BCUT2D eigenvalue weighted by atomic mass is 32.2. The number of benzene rings is 4. The summed E-state index contributed by atoms with van der Waals surface area (Å²) in [5.74, 6) is -2.23. The topological polar surface area (TPSA) is 116 Å². The number of carbonyl (C=O) groups excluding carboxylic acids is 2. The Labute approximate surface area is 205 Å². The SMILES string of the molecule is CC(Sc1cccc(NC(=O)c2ccc3ccccc3c2)c1)C(=O)Nc1ccc(O)c(C(=O)O)c1. The molecule has 0 aromatic heterocycles. The van der Waals surface area contributed by atoms with Gasteiger partial charge in [-0.15, -0.1) is 11.8 Å². The number of rotatable bonds is 7. The maximum atomic E-state index is 12.8. The first-order valence-electron chi connectivity index (χ1n) is 10.7. The number of aromatic hydroxyl groups is 1. The van der Waals surface area contributed by atoms with E-state index in [9.17, 15) is 19.5 Å². The fourth-order valence-electron chi connectivity index (χ4n) is 3.47. The van der Waals surface area contributed by atoms with Crippen LogP contribution in [0.1, 0.15) is 27.6 Å². The summed E-state index contributed by atoms with van der Waals surface area (Å²) in [7, 11) is 0. The van der Waals surface area contributed by atoms with E-state index in [1.54, 1.807) is 31.2 Å². The van der Waals surface area contributed by atoms with Crippen molar-refractivity contribution in [3.63, 3.8) is 0 Å². The summed E-state index contributed by atoms with van der Waals surface area (Å²) in [5.41, 5.74) is 1.13. The summed E-state index contributed by atoms with van der Waals surface area (Å²) in [6, 6.07) is 24.4. The molecule has 8 heteroatoms. The van der Waals surface area contributed by atoms with E-state index in [4.69, 9.17) is 5.11 Å². The lowest BCUT2D eigenvalue weighted by molar-refractivity contribution is -0.115. The molecule has 7 nitrogen and oxygen atoms in total. The number of nitrogens with one attached hydrogen (secondary N) is 2. The molecule has 0 aliphatic heterocycles. The van der Waals surface area contributed by atoms with Gasteiger partial charge >= 0.3 is 5.97 Å². The Bertz CT molecular complexity index is 1440. The minimum atomic E-state index is -1.29. The Hall–Kier alpha value is -4.30. The Balaban J connectivity index is 1.41. The predicted molar refractivity (Wildman–Crippen MR) is 137 cm³/mol. The fraction of sp³-hybridized carbons (Fsp3) is 0.0741. The van der Waals surface area contributed by atoms with Crippen molar-refractivity contribution in [1.82, 2.24) is 0 Å². The highest BCUT2D eigenvalue weighted by Gasteiger charge is 2.17. The van der Waals surface area contributed by atoms with E-state index in [0.29, 0.717) is 11.3 Å². The maximum Gasteiger partial charge on any atom is 0.339 e. The Kier molecular flexibility index (Phi) is 7.03. The van der Waals surface area contributed by atoms with Crippen LogP contribution < -0.4 is 10.6 Å². The van der Waals surface area contributed by atoms with Gasteiger partial charge < -0.3 is 20.8 Å². The maximum absolute atomic E-state index is 12.8. The molecule has 4 aromatic carbocycles. The molecule has 0 spiro atoms. The van der Waals surface area contributed by atoms with Crippen molar-refractivity contribution in [3.05, 3.63) is 96.1 Å². The summed E-state index contributed by atoms with van der Waals surface area (Å²) in [6.07, 6.45) is 0. The minimum Gasteiger partial charge on any atom is -0.507 e. The van der Waals surface area contributed by atoms with Gasteiger partial charge in [-0.3, -0.25) is 9.59 Å². The van der Waals surface area contributed by atoms with Crippen molar-refractivity contribution in [2.75, 3.05) is 10.6 Å². The van der Waals surface area contributed by atoms with Crippen molar-refractivity contribution >= 4 is 51.7 Å². The van der Waals surface area contributed by atoms with Gasteiger partial charge in [0.05, 0.1) is 5.25 Å². The largest absolute Gasteiger partial charge is 0.507 e. The van der Waals surface area contributed by atoms with Crippen LogP contribution in [0, 0.1) is 0 Å². The number of carboxylic acid groups (broad SMARTS) is 1. The van der Waals surface area contributed by atoms with E-state index >= 15 is 0 Å². The van der Waals surface area contributed by atoms with Crippen LogP contribution in [0.25, 0.3) is 10.8 Å². The summed E-state index contributed by atoms with van der Waals surface area (Å²) in [6.45, 7) is 1.72. The van der Waals surface area contributed by atoms with Crippen LogP contribution in [0.5, 0.6) is 5.75 Å². The molecule has 4 N–H and O–H groups in total. The van der Waals surface area contributed by atoms with Gasteiger partial charge in [0.1, 0.15) is 11.3 Å². The van der Waals surface area contributed by atoms with Gasteiger partial charge in [0, 0.05) is 21.8 Å². The lowest BCUT2D eigenvalue weighted by Crippen LogP contribution is -2.22. The molecule has 0 aliphatic carbocycles. The van der Waals surface area contributed by atoms with Gasteiger partial charge in [0.25, 0.3) is 5.91 Å². The van der Waals surface area contributed by atoms with Crippen molar-refractivity contribution in [1.29, 1.82) is 0 Å². The molecule has 4 aromatic rings. The molecule has 2 amide bonds. The zero-order valence-corrected chi connectivity index (χ0v) is 19.5. The quantitative estimate of drug-likeness (QED) is 0.199. The molecule has 0 aliphatic rings. The Morgan fingerprint density at radius 2 is 1.54 bits per heavy atom. The molecule has 35 heavy (non-hydrogen) atoms. The number of hydrogen-bond donors (Lipinski definition) is 4. The fourth-order valence-corrected chi connectivity index (χ4v) is 4.39. The number of carboxylic acids is 1. The molecular weight excluding hydrogens is 464 g/mol. The second-order valence-electron chi connectivity index (χ2n) is 7.83. The van der Waals surface area contributed by atoms with Gasteiger partial charge in [-0.05, 0) is 66.2 Å². The van der Waals surface area contributed by atoms with Gasteiger partial charge in [-0.25, -0.2) is 4.79 Å². The highest BCUT2D eigenvalue weighted by Crippen LogP contribution is 2.28. The first-order valence-corrected chi connectivity index (χ1v) is 11.6. The number of fused-ring (bicyclic) bond motifs is 1.